The number of aliphatic hydroxyl groups excluding tert-OH is 2. The molecule has 4 nitrogen and oxygen atoms in total. The third-order valence-electron chi connectivity index (χ3n) is 1.05. The average Bonchev–Trinajstić information content (AvgIpc) is 2.05. The van der Waals surface area contributed by atoms with Gasteiger partial charge in [-0.05, 0) is 6.92 Å². The summed E-state index contributed by atoms with van der Waals surface area (Å²) in [6.07, 6.45) is -2.10. The fourth-order valence-corrected chi connectivity index (χ4v) is 0.417. The molecule has 2 unspecified atom stereocenters. The van der Waals surface area contributed by atoms with E-state index >= 15 is 0 Å². The highest BCUT2D eigenvalue weighted by Gasteiger charge is 2.15. The van der Waals surface area contributed by atoms with Crippen LogP contribution in [0.25, 0.3) is 0 Å². The number of nitrogens with one attached hydrogen (secondary N) is 1. The van der Waals surface area contributed by atoms with E-state index in [1.807, 2.05) is 13.8 Å². The third kappa shape index (κ3) is 5.97. The van der Waals surface area contributed by atoms with Crippen LogP contribution in [0.5, 0.6) is 0 Å². The molecule has 0 rings (SSSR count). The second kappa shape index (κ2) is 7.65. The summed E-state index contributed by atoms with van der Waals surface area (Å²) in [4.78, 5) is 0. The molecule has 0 aliphatic heterocycles. The number of rotatable bonds is 3. The summed E-state index contributed by atoms with van der Waals surface area (Å²) in [5.41, 5.74) is 5.04. The molecule has 2 atom stereocenters. The molecule has 0 amide bonds. The molecule has 0 aliphatic carbocycles. The van der Waals surface area contributed by atoms with Crippen LogP contribution in [0.1, 0.15) is 20.8 Å². The van der Waals surface area contributed by atoms with E-state index in [4.69, 9.17) is 21.4 Å². The van der Waals surface area contributed by atoms with Crippen molar-refractivity contribution in [2.75, 3.05) is 6.54 Å². The first-order chi connectivity index (χ1) is 5.09. The second-order valence-electron chi connectivity index (χ2n) is 1.93. The Kier molecular flexibility index (Phi) is 9.16. The predicted molar refractivity (Wildman–Crippen MR) is 45.8 cm³/mol. The molecule has 0 aromatic carbocycles. The minimum Gasteiger partial charge on any atom is -0.389 e. The van der Waals surface area contributed by atoms with Gasteiger partial charge in [-0.15, -0.1) is 0 Å². The van der Waals surface area contributed by atoms with E-state index in [2.05, 4.69) is 0 Å². The van der Waals surface area contributed by atoms with Crippen LogP contribution in [-0.4, -0.2) is 34.7 Å². The Hall–Kier alpha value is -0.450. The fourth-order valence-electron chi connectivity index (χ4n) is 0.417. The van der Waals surface area contributed by atoms with Crippen LogP contribution in [0.15, 0.2) is 0 Å². The minimum absolute atomic E-state index is 0.0165. The second-order valence-corrected chi connectivity index (χ2v) is 1.93. The summed E-state index contributed by atoms with van der Waals surface area (Å²) in [5.74, 6) is 0. The predicted octanol–water partition coefficient (Wildman–Crippen LogP) is -0.267. The van der Waals surface area contributed by atoms with Crippen molar-refractivity contribution >= 4 is 5.71 Å². The Morgan fingerprint density at radius 1 is 1.45 bits per heavy atom. The molecule has 5 N–H and O–H groups in total. The van der Waals surface area contributed by atoms with Crippen molar-refractivity contribution in [3.63, 3.8) is 0 Å². The van der Waals surface area contributed by atoms with Gasteiger partial charge in [-0.1, -0.05) is 13.8 Å². The van der Waals surface area contributed by atoms with E-state index in [0.29, 0.717) is 0 Å². The Labute approximate surface area is 67.5 Å². The molecule has 0 aromatic rings. The van der Waals surface area contributed by atoms with E-state index < -0.39 is 12.2 Å². The molecule has 4 heteroatoms. The zero-order valence-electron chi connectivity index (χ0n) is 7.33. The van der Waals surface area contributed by atoms with Gasteiger partial charge in [0, 0.05) is 12.3 Å². The van der Waals surface area contributed by atoms with Crippen LogP contribution in [0, 0.1) is 5.41 Å². The summed E-state index contributed by atoms with van der Waals surface area (Å²) in [6, 6.07) is 0. The van der Waals surface area contributed by atoms with E-state index in [-0.39, 0.29) is 12.3 Å². The van der Waals surface area contributed by atoms with Gasteiger partial charge in [-0.2, -0.15) is 0 Å². The number of nitrogens with two attached hydrogens (primary N) is 1. The molecule has 0 saturated heterocycles. The van der Waals surface area contributed by atoms with E-state index in [0.717, 1.165) is 0 Å². The smallest absolute Gasteiger partial charge is 0.118 e. The van der Waals surface area contributed by atoms with Gasteiger partial charge in [0.2, 0.25) is 0 Å². The Morgan fingerprint density at radius 3 is 1.91 bits per heavy atom. The summed E-state index contributed by atoms with van der Waals surface area (Å²) < 4.78 is 0. The van der Waals surface area contributed by atoms with Crippen molar-refractivity contribution in [1.82, 2.24) is 0 Å². The van der Waals surface area contributed by atoms with Crippen LogP contribution in [0.2, 0.25) is 0 Å². The largest absolute Gasteiger partial charge is 0.389 e. The summed E-state index contributed by atoms with van der Waals surface area (Å²) in [7, 11) is 0. The third-order valence-corrected chi connectivity index (χ3v) is 1.05. The van der Waals surface area contributed by atoms with Gasteiger partial charge in [-0.25, -0.2) is 0 Å². The maximum atomic E-state index is 8.84. The van der Waals surface area contributed by atoms with Crippen LogP contribution >= 0.6 is 0 Å². The fraction of sp³-hybridized carbons (Fsp3) is 0.857. The standard InChI is InChI=1S/C5H12N2O2.C2H6/c1-3(7)5(9)4(8)2-6;1-2/h4-5,7-9H,2,6H2,1H3;1-2H3. The SMILES string of the molecule is CC.CC(=N)C(O)C(O)CN. The minimum atomic E-state index is -1.10. The molecule has 68 valence electrons. The van der Waals surface area contributed by atoms with Crippen LogP contribution < -0.4 is 5.73 Å². The molecule has 0 bridgehead atoms. The lowest BCUT2D eigenvalue weighted by molar-refractivity contribution is 0.0658. The lowest BCUT2D eigenvalue weighted by Crippen LogP contribution is -2.37. The molecular weight excluding hydrogens is 144 g/mol. The number of hydrogen-bond acceptors (Lipinski definition) is 4. The topological polar surface area (TPSA) is 90.3 Å². The normalized spacial score (nSPS) is 14.4. The Bertz CT molecular complexity index is 107. The maximum Gasteiger partial charge on any atom is 0.118 e. The lowest BCUT2D eigenvalue weighted by Gasteiger charge is -2.13. The molecule has 0 aromatic heterocycles. The maximum absolute atomic E-state index is 8.84. The van der Waals surface area contributed by atoms with Gasteiger partial charge >= 0.3 is 0 Å². The van der Waals surface area contributed by atoms with Crippen molar-refractivity contribution in [1.29, 1.82) is 5.41 Å². The summed E-state index contributed by atoms with van der Waals surface area (Å²) >= 11 is 0. The van der Waals surface area contributed by atoms with Gasteiger partial charge in [0.15, 0.2) is 0 Å². The molecule has 0 saturated carbocycles. The van der Waals surface area contributed by atoms with Crippen LogP contribution in [-0.2, 0) is 0 Å². The Morgan fingerprint density at radius 2 is 1.82 bits per heavy atom. The monoisotopic (exact) mass is 162 g/mol. The molecule has 0 heterocycles. The zero-order chi connectivity index (χ0) is 9.44. The van der Waals surface area contributed by atoms with Crippen molar-refractivity contribution in [3.05, 3.63) is 0 Å². The quantitative estimate of drug-likeness (QED) is 0.431. The molecular formula is C7H18N2O2. The highest BCUT2D eigenvalue weighted by atomic mass is 16.3. The van der Waals surface area contributed by atoms with Crippen molar-refractivity contribution in [2.45, 2.75) is 33.0 Å². The zero-order valence-corrected chi connectivity index (χ0v) is 7.33. The van der Waals surface area contributed by atoms with Crippen molar-refractivity contribution < 1.29 is 10.2 Å². The van der Waals surface area contributed by atoms with Crippen LogP contribution in [0.4, 0.5) is 0 Å². The highest BCUT2D eigenvalue weighted by molar-refractivity contribution is 5.83. The van der Waals surface area contributed by atoms with Gasteiger partial charge in [0.1, 0.15) is 6.10 Å². The molecule has 0 aliphatic rings. The van der Waals surface area contributed by atoms with Crippen LogP contribution in [0.3, 0.4) is 0 Å². The molecule has 0 spiro atoms. The van der Waals surface area contributed by atoms with Crippen molar-refractivity contribution in [2.24, 2.45) is 5.73 Å². The summed E-state index contributed by atoms with van der Waals surface area (Å²) in [5, 5.41) is 24.5. The molecule has 0 fully saturated rings. The first kappa shape index (κ1) is 13.2. The average molecular weight is 162 g/mol. The van der Waals surface area contributed by atoms with Gasteiger partial charge in [0.25, 0.3) is 0 Å². The summed E-state index contributed by atoms with van der Waals surface area (Å²) in [6.45, 7) is 5.40. The van der Waals surface area contributed by atoms with Gasteiger partial charge in [-0.3, -0.25) is 0 Å². The molecule has 0 radical (unpaired) electrons. The van der Waals surface area contributed by atoms with E-state index in [1.165, 1.54) is 6.92 Å². The van der Waals surface area contributed by atoms with Crippen molar-refractivity contribution in [3.8, 4) is 0 Å². The number of aliphatic hydroxyl groups is 2. The number of hydrogen-bond donors (Lipinski definition) is 4. The lowest BCUT2D eigenvalue weighted by atomic mass is 10.1. The van der Waals surface area contributed by atoms with E-state index in [9.17, 15) is 0 Å². The first-order valence-corrected chi connectivity index (χ1v) is 3.70. The van der Waals surface area contributed by atoms with Gasteiger partial charge < -0.3 is 21.4 Å². The first-order valence-electron chi connectivity index (χ1n) is 3.70. The highest BCUT2D eigenvalue weighted by Crippen LogP contribution is 1.91. The Balaban J connectivity index is 0. The van der Waals surface area contributed by atoms with E-state index in [1.54, 1.807) is 0 Å². The van der Waals surface area contributed by atoms with Gasteiger partial charge in [0.05, 0.1) is 6.10 Å². The molecule has 11 heavy (non-hydrogen) atoms.